The number of amides is 2. The fraction of sp³-hybridized carbons (Fsp3) is 0.440. The van der Waals surface area contributed by atoms with E-state index in [1.165, 1.54) is 19.3 Å². The molecule has 31 heavy (non-hydrogen) atoms. The van der Waals surface area contributed by atoms with Crippen LogP contribution in [0.3, 0.4) is 0 Å². The Labute approximate surface area is 184 Å². The van der Waals surface area contributed by atoms with Gasteiger partial charge < -0.3 is 20.7 Å². The van der Waals surface area contributed by atoms with Crippen molar-refractivity contribution in [3.63, 3.8) is 0 Å². The molecule has 1 aliphatic rings. The first-order valence-corrected chi connectivity index (χ1v) is 11.2. The van der Waals surface area contributed by atoms with E-state index in [0.29, 0.717) is 12.3 Å². The molecule has 0 heterocycles. The van der Waals surface area contributed by atoms with E-state index in [4.69, 9.17) is 4.74 Å². The predicted molar refractivity (Wildman–Crippen MR) is 126 cm³/mol. The van der Waals surface area contributed by atoms with Crippen LogP contribution in [0.2, 0.25) is 0 Å². The summed E-state index contributed by atoms with van der Waals surface area (Å²) in [5.41, 5.74) is 3.24. The number of unbranched alkanes of at least 4 members (excludes halogenated alkanes) is 3. The largest absolute Gasteiger partial charge is 0.494 e. The van der Waals surface area contributed by atoms with Gasteiger partial charge in [-0.2, -0.15) is 0 Å². The molecule has 0 unspecified atom stereocenters. The van der Waals surface area contributed by atoms with Gasteiger partial charge in [0.05, 0.1) is 13.2 Å². The van der Waals surface area contributed by atoms with E-state index in [2.05, 4.69) is 22.9 Å². The first-order chi connectivity index (χ1) is 15.1. The highest BCUT2D eigenvalue weighted by molar-refractivity contribution is 5.96. The van der Waals surface area contributed by atoms with Crippen LogP contribution in [0.5, 0.6) is 5.75 Å². The molecule has 1 saturated carbocycles. The molecule has 166 valence electrons. The fourth-order valence-electron chi connectivity index (χ4n) is 3.31. The third-order valence-corrected chi connectivity index (χ3v) is 5.36. The number of anilines is 3. The molecule has 2 amide bonds. The van der Waals surface area contributed by atoms with Crippen molar-refractivity contribution < 1.29 is 14.3 Å². The molecular weight excluding hydrogens is 390 g/mol. The highest BCUT2D eigenvalue weighted by atomic mass is 16.5. The van der Waals surface area contributed by atoms with Gasteiger partial charge in [-0.3, -0.25) is 9.59 Å². The molecule has 0 bridgehead atoms. The molecule has 0 radical (unpaired) electrons. The number of hydrogen-bond acceptors (Lipinski definition) is 4. The predicted octanol–water partition coefficient (Wildman–Crippen LogP) is 5.35. The summed E-state index contributed by atoms with van der Waals surface area (Å²) in [6.45, 7) is 4.94. The second-order valence-electron chi connectivity index (χ2n) is 8.08. The standard InChI is InChI=1S/C25H33N3O3/c1-3-4-5-6-15-31-21-10-7-9-20(16-21)27-24(29)17-26-22-11-8-12-23(18(22)2)28-25(30)19-13-14-19/h7-12,16,19,26H,3-6,13-15,17H2,1-2H3,(H,27,29)(H,28,30). The van der Waals surface area contributed by atoms with Gasteiger partial charge >= 0.3 is 0 Å². The van der Waals surface area contributed by atoms with E-state index in [-0.39, 0.29) is 24.3 Å². The lowest BCUT2D eigenvalue weighted by molar-refractivity contribution is -0.117. The van der Waals surface area contributed by atoms with Crippen LogP contribution in [-0.4, -0.2) is 25.0 Å². The smallest absolute Gasteiger partial charge is 0.243 e. The Morgan fingerprint density at radius 2 is 1.77 bits per heavy atom. The lowest BCUT2D eigenvalue weighted by atomic mass is 10.1. The van der Waals surface area contributed by atoms with Crippen molar-refractivity contribution in [3.8, 4) is 5.75 Å². The molecule has 3 N–H and O–H groups in total. The summed E-state index contributed by atoms with van der Waals surface area (Å²) >= 11 is 0. The lowest BCUT2D eigenvalue weighted by Gasteiger charge is -2.14. The SMILES string of the molecule is CCCCCCOc1cccc(NC(=O)CNc2cccc(NC(=O)C3CC3)c2C)c1. The zero-order chi connectivity index (χ0) is 22.1. The van der Waals surface area contributed by atoms with Crippen molar-refractivity contribution in [2.45, 2.75) is 52.4 Å². The summed E-state index contributed by atoms with van der Waals surface area (Å²) in [5, 5.41) is 9.05. The Bertz CT molecular complexity index is 893. The first-order valence-electron chi connectivity index (χ1n) is 11.2. The molecule has 0 aliphatic heterocycles. The molecule has 1 aliphatic carbocycles. The van der Waals surface area contributed by atoms with E-state index < -0.39 is 0 Å². The molecule has 1 fully saturated rings. The van der Waals surface area contributed by atoms with Crippen LogP contribution in [0, 0.1) is 12.8 Å². The van der Waals surface area contributed by atoms with Gasteiger partial charge in [0, 0.05) is 29.0 Å². The third kappa shape index (κ3) is 7.31. The summed E-state index contributed by atoms with van der Waals surface area (Å²) in [6, 6.07) is 13.1. The van der Waals surface area contributed by atoms with E-state index in [1.54, 1.807) is 0 Å². The zero-order valence-corrected chi connectivity index (χ0v) is 18.5. The van der Waals surface area contributed by atoms with Gasteiger partial charge in [-0.15, -0.1) is 0 Å². The molecule has 0 atom stereocenters. The molecule has 3 rings (SSSR count). The van der Waals surface area contributed by atoms with Crippen LogP contribution in [0.1, 0.15) is 51.0 Å². The first kappa shape index (κ1) is 22.7. The number of nitrogens with one attached hydrogen (secondary N) is 3. The van der Waals surface area contributed by atoms with Gasteiger partial charge in [0.25, 0.3) is 0 Å². The minimum absolute atomic E-state index is 0.0745. The highest BCUT2D eigenvalue weighted by Gasteiger charge is 2.29. The summed E-state index contributed by atoms with van der Waals surface area (Å²) < 4.78 is 5.78. The number of rotatable bonds is 12. The molecule has 2 aromatic rings. The Kier molecular flexibility index (Phi) is 8.33. The highest BCUT2D eigenvalue weighted by Crippen LogP contribution is 2.31. The maximum absolute atomic E-state index is 12.4. The minimum atomic E-state index is -0.146. The van der Waals surface area contributed by atoms with Crippen LogP contribution in [-0.2, 0) is 9.59 Å². The van der Waals surface area contributed by atoms with Crippen LogP contribution >= 0.6 is 0 Å². The van der Waals surface area contributed by atoms with Gasteiger partial charge in [-0.05, 0) is 56.0 Å². The summed E-state index contributed by atoms with van der Waals surface area (Å²) in [6.07, 6.45) is 6.57. The van der Waals surface area contributed by atoms with Crippen molar-refractivity contribution in [2.75, 3.05) is 29.1 Å². The van der Waals surface area contributed by atoms with Crippen LogP contribution in [0.25, 0.3) is 0 Å². The lowest BCUT2D eigenvalue weighted by Crippen LogP contribution is -2.22. The topological polar surface area (TPSA) is 79.5 Å². The van der Waals surface area contributed by atoms with Crippen molar-refractivity contribution in [3.05, 3.63) is 48.0 Å². The minimum Gasteiger partial charge on any atom is -0.494 e. The Hall–Kier alpha value is -3.02. The Morgan fingerprint density at radius 3 is 2.55 bits per heavy atom. The summed E-state index contributed by atoms with van der Waals surface area (Å²) in [5.74, 6) is 0.840. The van der Waals surface area contributed by atoms with E-state index >= 15 is 0 Å². The zero-order valence-electron chi connectivity index (χ0n) is 18.5. The number of hydrogen-bond donors (Lipinski definition) is 3. The van der Waals surface area contributed by atoms with Crippen molar-refractivity contribution >= 4 is 28.9 Å². The van der Waals surface area contributed by atoms with Crippen LogP contribution in [0.4, 0.5) is 17.1 Å². The third-order valence-electron chi connectivity index (χ3n) is 5.36. The molecule has 2 aromatic carbocycles. The fourth-order valence-corrected chi connectivity index (χ4v) is 3.31. The van der Waals surface area contributed by atoms with Crippen molar-refractivity contribution in [2.24, 2.45) is 5.92 Å². The quantitative estimate of drug-likeness (QED) is 0.402. The molecule has 0 aromatic heterocycles. The van der Waals surface area contributed by atoms with Crippen LogP contribution < -0.4 is 20.7 Å². The maximum Gasteiger partial charge on any atom is 0.243 e. The normalized spacial score (nSPS) is 12.8. The van der Waals surface area contributed by atoms with E-state index in [9.17, 15) is 9.59 Å². The number of ether oxygens (including phenoxy) is 1. The van der Waals surface area contributed by atoms with Crippen molar-refractivity contribution in [1.29, 1.82) is 0 Å². The van der Waals surface area contributed by atoms with Gasteiger partial charge in [0.15, 0.2) is 0 Å². The van der Waals surface area contributed by atoms with Gasteiger partial charge in [0.2, 0.25) is 11.8 Å². The van der Waals surface area contributed by atoms with Gasteiger partial charge in [-0.25, -0.2) is 0 Å². The number of benzene rings is 2. The molecule has 0 spiro atoms. The second-order valence-corrected chi connectivity index (χ2v) is 8.08. The van der Waals surface area contributed by atoms with Crippen molar-refractivity contribution in [1.82, 2.24) is 0 Å². The molecular formula is C25H33N3O3. The summed E-state index contributed by atoms with van der Waals surface area (Å²) in [7, 11) is 0. The molecule has 6 nitrogen and oxygen atoms in total. The average Bonchev–Trinajstić information content (AvgIpc) is 3.60. The van der Waals surface area contributed by atoms with Crippen LogP contribution in [0.15, 0.2) is 42.5 Å². The van der Waals surface area contributed by atoms with Gasteiger partial charge in [0.1, 0.15) is 5.75 Å². The van der Waals surface area contributed by atoms with E-state index in [1.807, 2.05) is 49.4 Å². The maximum atomic E-state index is 12.4. The summed E-state index contributed by atoms with van der Waals surface area (Å²) in [4.78, 5) is 24.5. The number of carbonyl (C=O) groups excluding carboxylic acids is 2. The Morgan fingerprint density at radius 1 is 1.00 bits per heavy atom. The molecule has 0 saturated heterocycles. The monoisotopic (exact) mass is 423 g/mol. The average molecular weight is 424 g/mol. The van der Waals surface area contributed by atoms with Gasteiger partial charge in [-0.1, -0.05) is 38.3 Å². The van der Waals surface area contributed by atoms with E-state index in [0.717, 1.165) is 42.0 Å². The molecule has 6 heteroatoms. The Balaban J connectivity index is 1.48. The second kappa shape index (κ2) is 11.4. The number of carbonyl (C=O) groups is 2.